The van der Waals surface area contributed by atoms with E-state index in [0.29, 0.717) is 16.5 Å². The molecule has 190 valence electrons. The summed E-state index contributed by atoms with van der Waals surface area (Å²) in [6.45, 7) is 13.0. The van der Waals surface area contributed by atoms with Gasteiger partial charge in [-0.05, 0) is 68.9 Å². The number of nitrogens with one attached hydrogen (secondary N) is 2. The van der Waals surface area contributed by atoms with E-state index in [1.165, 1.54) is 17.0 Å². The van der Waals surface area contributed by atoms with Gasteiger partial charge >= 0.3 is 0 Å². The SMILES string of the molecule is CCn1c(C)cc([C@H]2[C@H](c3ccccn3)NC(=S)N2c2ccc(NC(=O)C(C)(C)C)c(OC)c2)c1C. The Hall–Kier alpha value is -3.39. The summed E-state index contributed by atoms with van der Waals surface area (Å²) in [5, 5.41) is 7.13. The second kappa shape index (κ2) is 9.93. The highest BCUT2D eigenvalue weighted by Gasteiger charge is 2.42. The van der Waals surface area contributed by atoms with Crippen molar-refractivity contribution in [2.45, 2.75) is 60.2 Å². The standard InChI is InChI=1S/C28H35N5O2S/c1-8-32-17(2)15-20(18(32)3)25-24(22-11-9-10-14-29-22)31-27(36)33(25)19-12-13-21(23(16-19)35-7)30-26(34)28(4,5)6/h9-16,24-25H,8H2,1-7H3,(H,30,34)(H,31,36)/t24-,25-/m0/s1. The Morgan fingerprint density at radius 3 is 2.53 bits per heavy atom. The molecule has 0 spiro atoms. The van der Waals surface area contributed by atoms with Crippen LogP contribution in [0.25, 0.3) is 0 Å². The molecule has 3 heterocycles. The fourth-order valence-corrected chi connectivity index (χ4v) is 5.15. The van der Waals surface area contributed by atoms with Crippen LogP contribution in [-0.2, 0) is 11.3 Å². The van der Waals surface area contributed by atoms with E-state index in [4.69, 9.17) is 17.0 Å². The Morgan fingerprint density at radius 2 is 1.94 bits per heavy atom. The van der Waals surface area contributed by atoms with Gasteiger partial charge in [0.2, 0.25) is 5.91 Å². The lowest BCUT2D eigenvalue weighted by Crippen LogP contribution is -2.30. The zero-order valence-corrected chi connectivity index (χ0v) is 22.9. The minimum Gasteiger partial charge on any atom is -0.494 e. The number of ether oxygens (including phenoxy) is 1. The molecule has 1 aliphatic heterocycles. The van der Waals surface area contributed by atoms with Crippen LogP contribution in [-0.4, -0.2) is 27.7 Å². The number of amides is 1. The molecule has 1 aromatic carbocycles. The van der Waals surface area contributed by atoms with Crippen LogP contribution in [0, 0.1) is 19.3 Å². The Kier molecular flexibility index (Phi) is 7.09. The van der Waals surface area contributed by atoms with Crippen LogP contribution in [0.2, 0.25) is 0 Å². The lowest BCUT2D eigenvalue weighted by atomic mass is 9.95. The van der Waals surface area contributed by atoms with Crippen LogP contribution in [0.1, 0.15) is 62.4 Å². The number of hydrogen-bond acceptors (Lipinski definition) is 4. The lowest BCUT2D eigenvalue weighted by Gasteiger charge is -2.29. The predicted molar refractivity (Wildman–Crippen MR) is 149 cm³/mol. The van der Waals surface area contributed by atoms with Gasteiger partial charge in [-0.1, -0.05) is 26.8 Å². The third-order valence-electron chi connectivity index (χ3n) is 6.74. The number of nitrogens with zero attached hydrogens (tertiary/aromatic N) is 3. The van der Waals surface area contributed by atoms with Crippen LogP contribution in [0.15, 0.2) is 48.7 Å². The Morgan fingerprint density at radius 1 is 1.19 bits per heavy atom. The van der Waals surface area contributed by atoms with Crippen molar-refractivity contribution in [3.05, 3.63) is 71.3 Å². The van der Waals surface area contributed by atoms with Crippen molar-refractivity contribution in [1.82, 2.24) is 14.9 Å². The summed E-state index contributed by atoms with van der Waals surface area (Å²) in [4.78, 5) is 19.4. The number of anilines is 2. The molecule has 4 rings (SSSR count). The first-order chi connectivity index (χ1) is 17.1. The maximum Gasteiger partial charge on any atom is 0.229 e. The number of aryl methyl sites for hydroxylation is 1. The van der Waals surface area contributed by atoms with Crippen LogP contribution >= 0.6 is 12.2 Å². The fourth-order valence-electron chi connectivity index (χ4n) is 4.81. The first-order valence-electron chi connectivity index (χ1n) is 12.2. The molecule has 0 saturated carbocycles. The van der Waals surface area contributed by atoms with E-state index in [-0.39, 0.29) is 18.0 Å². The van der Waals surface area contributed by atoms with Gasteiger partial charge in [0.1, 0.15) is 5.75 Å². The number of rotatable bonds is 6. The molecule has 2 N–H and O–H groups in total. The maximum atomic E-state index is 12.6. The van der Waals surface area contributed by atoms with E-state index in [2.05, 4.69) is 51.9 Å². The normalized spacial score (nSPS) is 17.8. The van der Waals surface area contributed by atoms with Crippen molar-refractivity contribution in [2.75, 3.05) is 17.3 Å². The summed E-state index contributed by atoms with van der Waals surface area (Å²) >= 11 is 5.89. The van der Waals surface area contributed by atoms with Gasteiger partial charge in [-0.3, -0.25) is 9.78 Å². The van der Waals surface area contributed by atoms with E-state index < -0.39 is 5.41 Å². The molecular formula is C28H35N5O2S. The highest BCUT2D eigenvalue weighted by atomic mass is 32.1. The summed E-state index contributed by atoms with van der Waals surface area (Å²) in [6.07, 6.45) is 1.81. The lowest BCUT2D eigenvalue weighted by molar-refractivity contribution is -0.123. The average molecular weight is 506 g/mol. The highest BCUT2D eigenvalue weighted by molar-refractivity contribution is 7.80. The van der Waals surface area contributed by atoms with Crippen LogP contribution in [0.5, 0.6) is 5.75 Å². The molecule has 0 radical (unpaired) electrons. The Labute approximate surface area is 218 Å². The molecule has 36 heavy (non-hydrogen) atoms. The van der Waals surface area contributed by atoms with E-state index in [0.717, 1.165) is 17.9 Å². The Bertz CT molecular complexity index is 1280. The maximum absolute atomic E-state index is 12.6. The van der Waals surface area contributed by atoms with Gasteiger partial charge in [-0.25, -0.2) is 0 Å². The van der Waals surface area contributed by atoms with E-state index >= 15 is 0 Å². The summed E-state index contributed by atoms with van der Waals surface area (Å²) in [5.41, 5.74) is 5.52. The van der Waals surface area contributed by atoms with Gasteiger partial charge in [0.25, 0.3) is 0 Å². The molecule has 7 nitrogen and oxygen atoms in total. The van der Waals surface area contributed by atoms with Gasteiger partial charge in [0.15, 0.2) is 5.11 Å². The molecular weight excluding hydrogens is 470 g/mol. The highest BCUT2D eigenvalue weighted by Crippen LogP contribution is 2.44. The zero-order valence-electron chi connectivity index (χ0n) is 22.0. The van der Waals surface area contributed by atoms with Crippen molar-refractivity contribution >= 4 is 34.6 Å². The van der Waals surface area contributed by atoms with Crippen LogP contribution in [0.4, 0.5) is 11.4 Å². The van der Waals surface area contributed by atoms with Gasteiger partial charge in [-0.2, -0.15) is 0 Å². The second-order valence-electron chi connectivity index (χ2n) is 10.2. The number of thiocarbonyl (C=S) groups is 1. The van der Waals surface area contributed by atoms with Crippen molar-refractivity contribution in [1.29, 1.82) is 0 Å². The summed E-state index contributed by atoms with van der Waals surface area (Å²) in [6, 6.07) is 13.7. The third kappa shape index (κ3) is 4.69. The van der Waals surface area contributed by atoms with Crippen molar-refractivity contribution in [3.63, 3.8) is 0 Å². The summed E-state index contributed by atoms with van der Waals surface area (Å²) in [5.74, 6) is 0.499. The van der Waals surface area contributed by atoms with E-state index in [1.54, 1.807) is 7.11 Å². The molecule has 8 heteroatoms. The molecule has 1 amide bonds. The molecule has 3 aromatic rings. The number of hydrogen-bond donors (Lipinski definition) is 2. The molecule has 1 fully saturated rings. The zero-order chi connectivity index (χ0) is 26.2. The fraction of sp³-hybridized carbons (Fsp3) is 0.393. The smallest absolute Gasteiger partial charge is 0.229 e. The third-order valence-corrected chi connectivity index (χ3v) is 7.05. The average Bonchev–Trinajstić information content (AvgIpc) is 3.33. The minimum absolute atomic E-state index is 0.0768. The molecule has 2 atom stereocenters. The summed E-state index contributed by atoms with van der Waals surface area (Å²) in [7, 11) is 1.61. The molecule has 0 bridgehead atoms. The molecule has 0 aliphatic carbocycles. The topological polar surface area (TPSA) is 71.4 Å². The molecule has 0 unspecified atom stereocenters. The van der Waals surface area contributed by atoms with Crippen molar-refractivity contribution in [2.24, 2.45) is 5.41 Å². The van der Waals surface area contributed by atoms with Crippen LogP contribution < -0.4 is 20.3 Å². The van der Waals surface area contributed by atoms with Crippen LogP contribution in [0.3, 0.4) is 0 Å². The number of aromatic nitrogens is 2. The summed E-state index contributed by atoms with van der Waals surface area (Å²) < 4.78 is 8.01. The minimum atomic E-state index is -0.521. The first-order valence-corrected chi connectivity index (χ1v) is 12.6. The number of carbonyl (C=O) groups is 1. The number of methoxy groups -OCH3 is 1. The van der Waals surface area contributed by atoms with E-state index in [9.17, 15) is 4.79 Å². The molecule has 1 saturated heterocycles. The van der Waals surface area contributed by atoms with E-state index in [1.807, 2.05) is 63.4 Å². The monoisotopic (exact) mass is 505 g/mol. The predicted octanol–water partition coefficient (Wildman–Crippen LogP) is 5.69. The molecule has 2 aromatic heterocycles. The van der Waals surface area contributed by atoms with Crippen molar-refractivity contribution in [3.8, 4) is 5.75 Å². The molecule has 1 aliphatic rings. The Balaban J connectivity index is 1.81. The van der Waals surface area contributed by atoms with Gasteiger partial charge < -0.3 is 24.8 Å². The van der Waals surface area contributed by atoms with Crippen molar-refractivity contribution < 1.29 is 9.53 Å². The largest absolute Gasteiger partial charge is 0.494 e. The van der Waals surface area contributed by atoms with Gasteiger partial charge in [0, 0.05) is 41.3 Å². The number of carbonyl (C=O) groups excluding carboxylic acids is 1. The van der Waals surface area contributed by atoms with Gasteiger partial charge in [0.05, 0.1) is 30.6 Å². The number of benzene rings is 1. The second-order valence-corrected chi connectivity index (χ2v) is 10.5. The first kappa shape index (κ1) is 25.7. The quantitative estimate of drug-likeness (QED) is 0.420. The van der Waals surface area contributed by atoms with Gasteiger partial charge in [-0.15, -0.1) is 0 Å². The number of pyridine rings is 1.